The predicted molar refractivity (Wildman–Crippen MR) is 83.7 cm³/mol. The van der Waals surface area contributed by atoms with Crippen LogP contribution < -0.4 is 10.0 Å². The summed E-state index contributed by atoms with van der Waals surface area (Å²) in [5.74, 6) is 0.281. The zero-order valence-corrected chi connectivity index (χ0v) is 13.6. The first-order valence-corrected chi connectivity index (χ1v) is 8.20. The van der Waals surface area contributed by atoms with E-state index in [1.54, 1.807) is 25.2 Å². The Hall–Kier alpha value is -1.31. The molecule has 0 aliphatic rings. The van der Waals surface area contributed by atoms with Gasteiger partial charge in [0.15, 0.2) is 0 Å². The largest absolute Gasteiger partial charge is 0.372 e. The minimum Gasteiger partial charge on any atom is -0.372 e. The summed E-state index contributed by atoms with van der Waals surface area (Å²) in [7, 11) is -2.13. The minimum atomic E-state index is -3.73. The number of aromatic nitrogens is 1. The molecule has 0 spiro atoms. The topological polar surface area (TPSA) is 71.1 Å². The molecule has 0 radical (unpaired) electrons. The Balaban J connectivity index is 2.38. The van der Waals surface area contributed by atoms with E-state index in [2.05, 4.69) is 31.0 Å². The van der Waals surface area contributed by atoms with Crippen molar-refractivity contribution in [2.75, 3.05) is 17.1 Å². The molecule has 5 nitrogen and oxygen atoms in total. The highest BCUT2D eigenvalue weighted by atomic mass is 79.9. The highest BCUT2D eigenvalue weighted by molar-refractivity contribution is 9.10. The lowest BCUT2D eigenvalue weighted by molar-refractivity contribution is 0.601. The maximum absolute atomic E-state index is 12.3. The Morgan fingerprint density at radius 1 is 1.30 bits per heavy atom. The molecule has 1 aromatic carbocycles. The number of benzene rings is 1. The number of halogens is 2. The molecule has 0 unspecified atom stereocenters. The van der Waals surface area contributed by atoms with Gasteiger partial charge < -0.3 is 5.32 Å². The summed E-state index contributed by atoms with van der Waals surface area (Å²) in [5.41, 5.74) is 0.379. The number of hydrogen-bond donors (Lipinski definition) is 2. The monoisotopic (exact) mass is 375 g/mol. The second kappa shape index (κ2) is 5.99. The van der Waals surface area contributed by atoms with Crippen LogP contribution in [0.15, 0.2) is 45.9 Å². The van der Waals surface area contributed by atoms with Gasteiger partial charge in [0.25, 0.3) is 10.0 Å². The molecule has 0 saturated heterocycles. The molecular weight excluding hydrogens is 366 g/mol. The third-order valence-corrected chi connectivity index (χ3v) is 5.11. The predicted octanol–water partition coefficient (Wildman–Crippen LogP) is 3.34. The molecule has 0 amide bonds. The van der Waals surface area contributed by atoms with E-state index in [1.807, 2.05) is 0 Å². The molecule has 0 aliphatic heterocycles. The van der Waals surface area contributed by atoms with Gasteiger partial charge in [0, 0.05) is 17.7 Å². The number of nitrogens with zero attached hydrogens (tertiary/aromatic N) is 1. The summed E-state index contributed by atoms with van der Waals surface area (Å²) >= 11 is 9.19. The summed E-state index contributed by atoms with van der Waals surface area (Å²) in [6.07, 6.45) is 1.52. The van der Waals surface area contributed by atoms with Crippen LogP contribution in [-0.4, -0.2) is 20.4 Å². The van der Waals surface area contributed by atoms with Crippen molar-refractivity contribution in [1.82, 2.24) is 4.98 Å². The molecule has 1 heterocycles. The number of pyridine rings is 1. The normalized spacial score (nSPS) is 11.2. The van der Waals surface area contributed by atoms with Crippen molar-refractivity contribution >= 4 is 49.1 Å². The number of sulfonamides is 1. The second-order valence-corrected chi connectivity index (χ2v) is 6.75. The van der Waals surface area contributed by atoms with Gasteiger partial charge in [-0.25, -0.2) is 13.4 Å². The molecule has 0 bridgehead atoms. The lowest BCUT2D eigenvalue weighted by Gasteiger charge is -2.11. The zero-order chi connectivity index (χ0) is 14.8. The van der Waals surface area contributed by atoms with E-state index in [0.29, 0.717) is 15.2 Å². The number of hydrogen-bond acceptors (Lipinski definition) is 4. The lowest BCUT2D eigenvalue weighted by Crippen LogP contribution is -2.15. The van der Waals surface area contributed by atoms with Crippen LogP contribution in [0.25, 0.3) is 0 Å². The highest BCUT2D eigenvalue weighted by Crippen LogP contribution is 2.27. The molecule has 2 aromatic rings. The summed E-state index contributed by atoms with van der Waals surface area (Å²) in [5, 5.41) is 3.17. The second-order valence-electron chi connectivity index (χ2n) is 3.83. The van der Waals surface area contributed by atoms with Gasteiger partial charge in [0.2, 0.25) is 0 Å². The molecule has 8 heteroatoms. The average molecular weight is 377 g/mol. The van der Waals surface area contributed by atoms with Crippen molar-refractivity contribution in [3.63, 3.8) is 0 Å². The molecule has 0 aliphatic carbocycles. The van der Waals surface area contributed by atoms with Gasteiger partial charge in [-0.1, -0.05) is 11.6 Å². The van der Waals surface area contributed by atoms with E-state index in [-0.39, 0.29) is 10.7 Å². The smallest absolute Gasteiger partial charge is 0.265 e. The first kappa shape index (κ1) is 15.1. The third kappa shape index (κ3) is 3.23. The van der Waals surface area contributed by atoms with Crippen LogP contribution in [0.1, 0.15) is 0 Å². The van der Waals surface area contributed by atoms with Crippen molar-refractivity contribution in [2.45, 2.75) is 4.90 Å². The van der Waals surface area contributed by atoms with Crippen molar-refractivity contribution in [1.29, 1.82) is 0 Å². The quantitative estimate of drug-likeness (QED) is 0.858. The standard InChI is InChI=1S/C12H11BrClN3O2S/c1-15-12-11(3-2-6-16-12)20(18,19)17-8-4-5-9(13)10(14)7-8/h2-7,17H,1H3,(H,15,16). The van der Waals surface area contributed by atoms with Gasteiger partial charge in [-0.2, -0.15) is 0 Å². The molecule has 0 fully saturated rings. The molecule has 20 heavy (non-hydrogen) atoms. The third-order valence-electron chi connectivity index (χ3n) is 2.47. The highest BCUT2D eigenvalue weighted by Gasteiger charge is 2.19. The Morgan fingerprint density at radius 3 is 2.70 bits per heavy atom. The average Bonchev–Trinajstić information content (AvgIpc) is 2.42. The van der Waals surface area contributed by atoms with Crippen LogP contribution in [0.4, 0.5) is 11.5 Å². The fraction of sp³-hybridized carbons (Fsp3) is 0.0833. The Morgan fingerprint density at radius 2 is 2.05 bits per heavy atom. The molecule has 2 N–H and O–H groups in total. The summed E-state index contributed by atoms with van der Waals surface area (Å²) < 4.78 is 27.8. The Kier molecular flexibility index (Phi) is 4.52. The molecule has 0 atom stereocenters. The molecule has 0 saturated carbocycles. The number of anilines is 2. The molecule has 1 aromatic heterocycles. The van der Waals surface area contributed by atoms with Gasteiger partial charge >= 0.3 is 0 Å². The fourth-order valence-corrected chi connectivity index (χ4v) is 3.21. The summed E-state index contributed by atoms with van der Waals surface area (Å²) in [4.78, 5) is 4.04. The lowest BCUT2D eigenvalue weighted by atomic mass is 10.3. The maximum Gasteiger partial charge on any atom is 0.265 e. The van der Waals surface area contributed by atoms with Crippen molar-refractivity contribution in [3.8, 4) is 0 Å². The van der Waals surface area contributed by atoms with E-state index in [1.165, 1.54) is 18.3 Å². The Labute approximate surface area is 130 Å². The van der Waals surface area contributed by atoms with E-state index >= 15 is 0 Å². The van der Waals surface area contributed by atoms with Gasteiger partial charge in [-0.15, -0.1) is 0 Å². The van der Waals surface area contributed by atoms with Crippen molar-refractivity contribution in [2.24, 2.45) is 0 Å². The molecule has 106 valence electrons. The van der Waals surface area contributed by atoms with Gasteiger partial charge in [-0.05, 0) is 46.3 Å². The van der Waals surface area contributed by atoms with E-state index in [0.717, 1.165) is 0 Å². The summed E-state index contributed by atoms with van der Waals surface area (Å²) in [6, 6.07) is 7.84. The first-order valence-electron chi connectivity index (χ1n) is 5.54. The van der Waals surface area contributed by atoms with Crippen LogP contribution in [0, 0.1) is 0 Å². The van der Waals surface area contributed by atoms with Crippen molar-refractivity contribution < 1.29 is 8.42 Å². The van der Waals surface area contributed by atoms with Crippen molar-refractivity contribution in [3.05, 3.63) is 46.0 Å². The molecule has 2 rings (SSSR count). The van der Waals surface area contributed by atoms with Crippen LogP contribution >= 0.6 is 27.5 Å². The van der Waals surface area contributed by atoms with Gasteiger partial charge in [-0.3, -0.25) is 4.72 Å². The molecular formula is C12H11BrClN3O2S. The van der Waals surface area contributed by atoms with E-state index in [4.69, 9.17) is 11.6 Å². The van der Waals surface area contributed by atoms with Crippen LogP contribution in [0.5, 0.6) is 0 Å². The fourth-order valence-electron chi connectivity index (χ4n) is 1.56. The maximum atomic E-state index is 12.3. The first-order chi connectivity index (χ1) is 9.44. The van der Waals surface area contributed by atoms with Gasteiger partial charge in [0.1, 0.15) is 10.7 Å². The Bertz CT molecular complexity index is 737. The van der Waals surface area contributed by atoms with Gasteiger partial charge in [0.05, 0.1) is 10.7 Å². The number of rotatable bonds is 4. The van der Waals surface area contributed by atoms with Crippen LogP contribution in [-0.2, 0) is 10.0 Å². The summed E-state index contributed by atoms with van der Waals surface area (Å²) in [6.45, 7) is 0. The minimum absolute atomic E-state index is 0.0709. The number of nitrogens with one attached hydrogen (secondary N) is 2. The van der Waals surface area contributed by atoms with Crippen LogP contribution in [0.2, 0.25) is 5.02 Å². The van der Waals surface area contributed by atoms with E-state index in [9.17, 15) is 8.42 Å². The SMILES string of the molecule is CNc1ncccc1S(=O)(=O)Nc1ccc(Br)c(Cl)c1. The van der Waals surface area contributed by atoms with E-state index < -0.39 is 10.0 Å². The van der Waals surface area contributed by atoms with Crippen LogP contribution in [0.3, 0.4) is 0 Å². The zero-order valence-electron chi connectivity index (χ0n) is 10.4.